The summed E-state index contributed by atoms with van der Waals surface area (Å²) in [6.45, 7) is 6.72. The first-order chi connectivity index (χ1) is 12.4. The van der Waals surface area contributed by atoms with Crippen LogP contribution in [-0.4, -0.2) is 14.2 Å². The Labute approximate surface area is 161 Å². The molecular weight excluding hydrogens is 360 g/mol. The van der Waals surface area contributed by atoms with Gasteiger partial charge in [0.25, 0.3) is 0 Å². The average molecular weight is 383 g/mol. The molecule has 0 amide bonds. The summed E-state index contributed by atoms with van der Waals surface area (Å²) in [6.07, 6.45) is 0. The van der Waals surface area contributed by atoms with Gasteiger partial charge in [-0.25, -0.2) is 4.99 Å². The fraction of sp³-hybridized carbons (Fsp3) is 0.286. The normalized spacial score (nSPS) is 15.6. The molecule has 0 atom stereocenters. The topological polar surface area (TPSA) is 24.8 Å². The molecule has 2 aromatic carbocycles. The van der Waals surface area contributed by atoms with Crippen molar-refractivity contribution >= 4 is 32.1 Å². The first kappa shape index (κ1) is 17.3. The van der Waals surface area contributed by atoms with Gasteiger partial charge >= 0.3 is 0 Å². The van der Waals surface area contributed by atoms with Gasteiger partial charge in [0, 0.05) is 29.9 Å². The van der Waals surface area contributed by atoms with Crippen LogP contribution in [0.5, 0.6) is 5.75 Å². The molecule has 0 fully saturated rings. The quantitative estimate of drug-likeness (QED) is 0.530. The number of hydrogen-bond donors (Lipinski definition) is 0. The maximum absolute atomic E-state index is 5.35. The molecule has 0 saturated heterocycles. The van der Waals surface area contributed by atoms with Crippen molar-refractivity contribution in [2.75, 3.05) is 19.1 Å². The van der Waals surface area contributed by atoms with Gasteiger partial charge in [-0.15, -0.1) is 0 Å². The number of rotatable bonds is 2. The SMILES string of the molecule is COc1cccc(N=c2ssc3c2-c2cc(C)ccc2N(C)C3(C)C)c1. The van der Waals surface area contributed by atoms with Crippen LogP contribution in [0.3, 0.4) is 0 Å². The molecule has 134 valence electrons. The fourth-order valence-corrected chi connectivity index (χ4v) is 6.38. The van der Waals surface area contributed by atoms with E-state index in [1.807, 2.05) is 34.6 Å². The second-order valence-corrected chi connectivity index (χ2v) is 9.26. The zero-order chi connectivity index (χ0) is 18.5. The largest absolute Gasteiger partial charge is 0.497 e. The van der Waals surface area contributed by atoms with Crippen molar-refractivity contribution in [3.8, 4) is 16.9 Å². The van der Waals surface area contributed by atoms with Crippen molar-refractivity contribution in [3.63, 3.8) is 0 Å². The number of nitrogens with zero attached hydrogens (tertiary/aromatic N) is 2. The van der Waals surface area contributed by atoms with Gasteiger partial charge in [0.2, 0.25) is 0 Å². The molecule has 2 heterocycles. The molecule has 5 heteroatoms. The summed E-state index contributed by atoms with van der Waals surface area (Å²) in [6, 6.07) is 14.6. The van der Waals surface area contributed by atoms with Crippen molar-refractivity contribution in [1.29, 1.82) is 0 Å². The van der Waals surface area contributed by atoms with Gasteiger partial charge in [0.1, 0.15) is 10.4 Å². The number of anilines is 1. The van der Waals surface area contributed by atoms with Crippen molar-refractivity contribution in [1.82, 2.24) is 0 Å². The lowest BCUT2D eigenvalue weighted by Crippen LogP contribution is -2.41. The van der Waals surface area contributed by atoms with Gasteiger partial charge in [0.05, 0.1) is 23.2 Å². The average Bonchev–Trinajstić information content (AvgIpc) is 3.05. The predicted molar refractivity (Wildman–Crippen MR) is 112 cm³/mol. The van der Waals surface area contributed by atoms with Crippen LogP contribution in [0, 0.1) is 6.92 Å². The van der Waals surface area contributed by atoms with Crippen LogP contribution in [-0.2, 0) is 5.54 Å². The lowest BCUT2D eigenvalue weighted by Gasteiger charge is -2.42. The Morgan fingerprint density at radius 3 is 2.65 bits per heavy atom. The summed E-state index contributed by atoms with van der Waals surface area (Å²) >= 11 is 0. The van der Waals surface area contributed by atoms with Crippen LogP contribution in [0.4, 0.5) is 11.4 Å². The van der Waals surface area contributed by atoms with Crippen molar-refractivity contribution in [2.45, 2.75) is 26.3 Å². The van der Waals surface area contributed by atoms with Gasteiger partial charge in [-0.05, 0) is 45.0 Å². The van der Waals surface area contributed by atoms with Crippen LogP contribution >= 0.6 is 20.7 Å². The Morgan fingerprint density at radius 1 is 1.08 bits per heavy atom. The highest BCUT2D eigenvalue weighted by molar-refractivity contribution is 7.68. The number of fused-ring (bicyclic) bond motifs is 3. The minimum absolute atomic E-state index is 0.0547. The van der Waals surface area contributed by atoms with Crippen molar-refractivity contribution in [3.05, 3.63) is 57.6 Å². The third-order valence-electron chi connectivity index (χ3n) is 5.11. The summed E-state index contributed by atoms with van der Waals surface area (Å²) in [5.74, 6) is 0.830. The Bertz CT molecular complexity index is 1050. The minimum Gasteiger partial charge on any atom is -0.497 e. The van der Waals surface area contributed by atoms with E-state index in [1.54, 1.807) is 17.5 Å². The van der Waals surface area contributed by atoms with Crippen LogP contribution in [0.1, 0.15) is 24.3 Å². The molecule has 0 N–H and O–H groups in total. The van der Waals surface area contributed by atoms with E-state index in [1.165, 1.54) is 27.3 Å². The zero-order valence-corrected chi connectivity index (χ0v) is 17.3. The maximum Gasteiger partial charge on any atom is 0.135 e. The molecule has 0 spiro atoms. The molecule has 3 aromatic rings. The molecule has 1 aliphatic rings. The van der Waals surface area contributed by atoms with Gasteiger partial charge < -0.3 is 9.64 Å². The molecule has 0 unspecified atom stereocenters. The third kappa shape index (κ3) is 2.66. The lowest BCUT2D eigenvalue weighted by atomic mass is 9.87. The Morgan fingerprint density at radius 2 is 1.88 bits per heavy atom. The molecular formula is C21H22N2OS2. The van der Waals surface area contributed by atoms with Crippen molar-refractivity contribution in [2.24, 2.45) is 4.99 Å². The standard InChI is InChI=1S/C21H22N2OS2/c1-13-9-10-17-16(11-13)18-19(21(2,3)23(17)4)25-26-20(18)22-14-7-6-8-15(12-14)24-5/h6-12H,1-5H3. The first-order valence-electron chi connectivity index (χ1n) is 8.59. The molecule has 3 nitrogen and oxygen atoms in total. The van der Waals surface area contributed by atoms with Crippen LogP contribution in [0.25, 0.3) is 11.1 Å². The lowest BCUT2D eigenvalue weighted by molar-refractivity contribution is 0.415. The maximum atomic E-state index is 5.35. The monoisotopic (exact) mass is 382 g/mol. The number of methoxy groups -OCH3 is 1. The molecule has 26 heavy (non-hydrogen) atoms. The molecule has 1 aromatic heterocycles. The first-order valence-corrected chi connectivity index (χ1v) is 10.7. The summed E-state index contributed by atoms with van der Waals surface area (Å²) in [5.41, 5.74) is 5.96. The van der Waals surface area contributed by atoms with E-state index in [-0.39, 0.29) is 5.54 Å². The summed E-state index contributed by atoms with van der Waals surface area (Å²) < 4.78 is 6.42. The minimum atomic E-state index is -0.0547. The Kier molecular flexibility index (Phi) is 4.16. The van der Waals surface area contributed by atoms with E-state index in [9.17, 15) is 0 Å². The molecule has 0 saturated carbocycles. The summed E-state index contributed by atoms with van der Waals surface area (Å²) in [4.78, 5) is 8.73. The second-order valence-electron chi connectivity index (χ2n) is 7.13. The van der Waals surface area contributed by atoms with Crippen LogP contribution in [0.15, 0.2) is 47.5 Å². The molecule has 0 radical (unpaired) electrons. The van der Waals surface area contributed by atoms with Gasteiger partial charge in [-0.2, -0.15) is 0 Å². The van der Waals surface area contributed by atoms with Crippen molar-refractivity contribution < 1.29 is 4.74 Å². The number of hydrogen-bond acceptors (Lipinski definition) is 5. The van der Waals surface area contributed by atoms with Gasteiger partial charge in [-0.1, -0.05) is 38.4 Å². The predicted octanol–water partition coefficient (Wildman–Crippen LogP) is 5.71. The van der Waals surface area contributed by atoms with Crippen LogP contribution < -0.4 is 14.3 Å². The van der Waals surface area contributed by atoms with E-state index in [2.05, 4.69) is 50.9 Å². The van der Waals surface area contributed by atoms with Gasteiger partial charge in [0.15, 0.2) is 0 Å². The smallest absolute Gasteiger partial charge is 0.135 e. The summed E-state index contributed by atoms with van der Waals surface area (Å²) in [7, 11) is 7.46. The van der Waals surface area contributed by atoms with Crippen LogP contribution in [0.2, 0.25) is 0 Å². The number of benzene rings is 2. The van der Waals surface area contributed by atoms with E-state index in [4.69, 9.17) is 9.73 Å². The highest BCUT2D eigenvalue weighted by Crippen LogP contribution is 2.48. The Hall–Kier alpha value is -2.11. The van der Waals surface area contributed by atoms with E-state index < -0.39 is 0 Å². The molecule has 4 rings (SSSR count). The van der Waals surface area contributed by atoms with Gasteiger partial charge in [-0.3, -0.25) is 0 Å². The third-order valence-corrected chi connectivity index (χ3v) is 7.74. The molecule has 0 aliphatic carbocycles. The van der Waals surface area contributed by atoms with E-state index >= 15 is 0 Å². The number of aryl methyl sites for hydroxylation is 1. The fourth-order valence-electron chi connectivity index (χ4n) is 3.37. The number of ether oxygens (including phenoxy) is 1. The zero-order valence-electron chi connectivity index (χ0n) is 15.7. The highest BCUT2D eigenvalue weighted by Gasteiger charge is 2.37. The molecule has 0 bridgehead atoms. The van der Waals surface area contributed by atoms with E-state index in [0.29, 0.717) is 0 Å². The second kappa shape index (κ2) is 6.25. The molecule has 1 aliphatic heterocycles. The van der Waals surface area contributed by atoms with E-state index in [0.717, 1.165) is 16.1 Å². The highest BCUT2D eigenvalue weighted by atomic mass is 32.9. The Balaban J connectivity index is 1.99. The summed E-state index contributed by atoms with van der Waals surface area (Å²) in [5, 5.41) is 0.